The molecule has 2 aliphatic rings. The van der Waals surface area contributed by atoms with Gasteiger partial charge in [-0.2, -0.15) is 0 Å². The number of sulfonamides is 1. The Labute approximate surface area is 120 Å². The lowest BCUT2D eigenvalue weighted by atomic mass is 10.1. The van der Waals surface area contributed by atoms with Gasteiger partial charge in [-0.05, 0) is 32.2 Å². The average Bonchev–Trinajstić information content (AvgIpc) is 2.91. The highest BCUT2D eigenvalue weighted by atomic mass is 32.2. The van der Waals surface area contributed by atoms with E-state index in [0.717, 1.165) is 38.6 Å². The Balaban J connectivity index is 1.91. The first-order chi connectivity index (χ1) is 9.51. The first-order valence-electron chi connectivity index (χ1n) is 7.31. The molecule has 0 spiro atoms. The third-order valence-corrected chi connectivity index (χ3v) is 6.09. The Kier molecular flexibility index (Phi) is 5.40. The number of carbonyl (C=O) groups excluding carboxylic acids is 1. The van der Waals surface area contributed by atoms with Crippen molar-refractivity contribution < 1.29 is 17.9 Å². The van der Waals surface area contributed by atoms with Crippen molar-refractivity contribution in [1.82, 2.24) is 9.62 Å². The highest BCUT2D eigenvalue weighted by Gasteiger charge is 2.33. The SMILES string of the molecule is COC(=O)CN1CCCC(S(=O)(=O)NC2CCCC2)C1. The van der Waals surface area contributed by atoms with Crippen molar-refractivity contribution in [2.24, 2.45) is 0 Å². The van der Waals surface area contributed by atoms with Gasteiger partial charge in [0, 0.05) is 12.6 Å². The molecule has 2 fully saturated rings. The Hall–Kier alpha value is -0.660. The largest absolute Gasteiger partial charge is 0.468 e. The fourth-order valence-electron chi connectivity index (χ4n) is 3.03. The molecule has 116 valence electrons. The third kappa shape index (κ3) is 4.17. The van der Waals surface area contributed by atoms with Gasteiger partial charge in [-0.1, -0.05) is 12.8 Å². The molecule has 7 heteroatoms. The summed E-state index contributed by atoms with van der Waals surface area (Å²) in [5, 5.41) is -0.415. The lowest BCUT2D eigenvalue weighted by molar-refractivity contribution is -0.142. The van der Waals surface area contributed by atoms with E-state index in [4.69, 9.17) is 0 Å². The molecule has 2 rings (SSSR count). The zero-order valence-electron chi connectivity index (χ0n) is 12.0. The monoisotopic (exact) mass is 304 g/mol. The van der Waals surface area contributed by atoms with Gasteiger partial charge in [0.05, 0.1) is 18.9 Å². The lowest BCUT2D eigenvalue weighted by Gasteiger charge is -2.32. The van der Waals surface area contributed by atoms with E-state index in [0.29, 0.717) is 13.0 Å². The van der Waals surface area contributed by atoms with Crippen molar-refractivity contribution in [1.29, 1.82) is 0 Å². The average molecular weight is 304 g/mol. The normalized spacial score (nSPS) is 25.8. The maximum absolute atomic E-state index is 12.4. The van der Waals surface area contributed by atoms with Crippen LogP contribution in [0.2, 0.25) is 0 Å². The van der Waals surface area contributed by atoms with Crippen LogP contribution in [0.25, 0.3) is 0 Å². The maximum atomic E-state index is 12.4. The quantitative estimate of drug-likeness (QED) is 0.748. The van der Waals surface area contributed by atoms with Gasteiger partial charge < -0.3 is 4.74 Å². The van der Waals surface area contributed by atoms with Gasteiger partial charge in [0.15, 0.2) is 0 Å². The van der Waals surface area contributed by atoms with Crippen LogP contribution in [0.15, 0.2) is 0 Å². The number of hydrogen-bond acceptors (Lipinski definition) is 5. The van der Waals surface area contributed by atoms with E-state index in [-0.39, 0.29) is 18.6 Å². The highest BCUT2D eigenvalue weighted by Crippen LogP contribution is 2.22. The standard InChI is InChI=1S/C13H24N2O4S/c1-19-13(16)10-15-8-4-7-12(9-15)20(17,18)14-11-5-2-3-6-11/h11-12,14H,2-10H2,1H3. The van der Waals surface area contributed by atoms with Crippen LogP contribution >= 0.6 is 0 Å². The summed E-state index contributed by atoms with van der Waals surface area (Å²) in [4.78, 5) is 13.2. The summed E-state index contributed by atoms with van der Waals surface area (Å²) in [7, 11) is -1.94. The van der Waals surface area contributed by atoms with E-state index in [9.17, 15) is 13.2 Å². The number of rotatable bonds is 5. The van der Waals surface area contributed by atoms with Crippen LogP contribution in [-0.4, -0.2) is 57.3 Å². The van der Waals surface area contributed by atoms with E-state index in [1.54, 1.807) is 0 Å². The minimum Gasteiger partial charge on any atom is -0.468 e. The molecule has 1 heterocycles. The summed E-state index contributed by atoms with van der Waals surface area (Å²) < 4.78 is 32.3. The molecule has 1 unspecified atom stereocenters. The Morgan fingerprint density at radius 2 is 1.95 bits per heavy atom. The minimum atomic E-state index is -3.29. The van der Waals surface area contributed by atoms with Gasteiger partial charge in [0.1, 0.15) is 0 Å². The van der Waals surface area contributed by atoms with Gasteiger partial charge in [-0.3, -0.25) is 9.69 Å². The van der Waals surface area contributed by atoms with Gasteiger partial charge >= 0.3 is 5.97 Å². The van der Waals surface area contributed by atoms with E-state index in [1.165, 1.54) is 7.11 Å². The van der Waals surface area contributed by atoms with Crippen LogP contribution in [0, 0.1) is 0 Å². The van der Waals surface area contributed by atoms with E-state index in [1.807, 2.05) is 4.90 Å². The number of methoxy groups -OCH3 is 1. The molecule has 0 bridgehead atoms. The first kappa shape index (κ1) is 15.7. The molecule has 6 nitrogen and oxygen atoms in total. The van der Waals surface area contributed by atoms with Crippen molar-refractivity contribution in [3.05, 3.63) is 0 Å². The number of nitrogens with one attached hydrogen (secondary N) is 1. The molecule has 1 saturated carbocycles. The Morgan fingerprint density at radius 3 is 2.60 bits per heavy atom. The fourth-order valence-corrected chi connectivity index (χ4v) is 4.81. The lowest BCUT2D eigenvalue weighted by Crippen LogP contribution is -2.49. The second-order valence-electron chi connectivity index (χ2n) is 5.72. The summed E-state index contributed by atoms with van der Waals surface area (Å²) in [5.74, 6) is -0.313. The van der Waals surface area contributed by atoms with Gasteiger partial charge in [0.25, 0.3) is 0 Å². The number of esters is 1. The fraction of sp³-hybridized carbons (Fsp3) is 0.923. The summed E-state index contributed by atoms with van der Waals surface area (Å²) >= 11 is 0. The van der Waals surface area contributed by atoms with E-state index >= 15 is 0 Å². The smallest absolute Gasteiger partial charge is 0.319 e. The van der Waals surface area contributed by atoms with Crippen LogP contribution in [0.4, 0.5) is 0 Å². The van der Waals surface area contributed by atoms with E-state index < -0.39 is 15.3 Å². The third-order valence-electron chi connectivity index (χ3n) is 4.17. The summed E-state index contributed by atoms with van der Waals surface area (Å²) in [5.41, 5.74) is 0. The van der Waals surface area contributed by atoms with Crippen molar-refractivity contribution in [2.75, 3.05) is 26.7 Å². The predicted molar refractivity (Wildman–Crippen MR) is 75.8 cm³/mol. The molecule has 1 aliphatic heterocycles. The molecule has 20 heavy (non-hydrogen) atoms. The number of hydrogen-bond donors (Lipinski definition) is 1. The zero-order valence-corrected chi connectivity index (χ0v) is 12.8. The van der Waals surface area contributed by atoms with Crippen molar-refractivity contribution in [3.63, 3.8) is 0 Å². The van der Waals surface area contributed by atoms with Crippen LogP contribution in [-0.2, 0) is 19.6 Å². The van der Waals surface area contributed by atoms with Gasteiger partial charge in [0.2, 0.25) is 10.0 Å². The molecule has 1 saturated heterocycles. The molecule has 0 aromatic rings. The minimum absolute atomic E-state index is 0.107. The number of carbonyl (C=O) groups is 1. The summed E-state index contributed by atoms with van der Waals surface area (Å²) in [6.07, 6.45) is 5.56. The molecule has 1 atom stereocenters. The number of ether oxygens (including phenoxy) is 1. The van der Waals surface area contributed by atoms with Crippen LogP contribution < -0.4 is 4.72 Å². The van der Waals surface area contributed by atoms with Gasteiger partial charge in [-0.15, -0.1) is 0 Å². The van der Waals surface area contributed by atoms with E-state index in [2.05, 4.69) is 9.46 Å². The highest BCUT2D eigenvalue weighted by molar-refractivity contribution is 7.90. The van der Waals surface area contributed by atoms with Crippen molar-refractivity contribution in [2.45, 2.75) is 49.8 Å². The van der Waals surface area contributed by atoms with Crippen LogP contribution in [0.1, 0.15) is 38.5 Å². The van der Waals surface area contributed by atoms with Crippen LogP contribution in [0.3, 0.4) is 0 Å². The predicted octanol–water partition coefficient (Wildman–Crippen LogP) is 0.486. The van der Waals surface area contributed by atoms with Crippen LogP contribution in [0.5, 0.6) is 0 Å². The van der Waals surface area contributed by atoms with Crippen molar-refractivity contribution in [3.8, 4) is 0 Å². The Bertz CT molecular complexity index is 432. The molecule has 0 amide bonds. The molecule has 0 aromatic carbocycles. The number of likely N-dealkylation sites (tertiary alicyclic amines) is 1. The molecule has 1 N–H and O–H groups in total. The molecule has 0 radical (unpaired) electrons. The first-order valence-corrected chi connectivity index (χ1v) is 8.86. The second kappa shape index (κ2) is 6.87. The molecule has 1 aliphatic carbocycles. The maximum Gasteiger partial charge on any atom is 0.319 e. The van der Waals surface area contributed by atoms with Gasteiger partial charge in [-0.25, -0.2) is 13.1 Å². The Morgan fingerprint density at radius 1 is 1.25 bits per heavy atom. The zero-order chi connectivity index (χ0) is 14.6. The van der Waals surface area contributed by atoms with Crippen molar-refractivity contribution >= 4 is 16.0 Å². The molecule has 0 aromatic heterocycles. The topological polar surface area (TPSA) is 75.7 Å². The molecular formula is C13H24N2O4S. The second-order valence-corrected chi connectivity index (χ2v) is 7.71. The number of piperidine rings is 1. The number of nitrogens with zero attached hydrogens (tertiary/aromatic N) is 1. The molecular weight excluding hydrogens is 280 g/mol. The summed E-state index contributed by atoms with van der Waals surface area (Å²) in [6.45, 7) is 1.34. The summed E-state index contributed by atoms with van der Waals surface area (Å²) in [6, 6.07) is 0.107.